The summed E-state index contributed by atoms with van der Waals surface area (Å²) in [5.74, 6) is 0.317. The second-order valence-corrected chi connectivity index (χ2v) is 8.33. The van der Waals surface area contributed by atoms with E-state index in [4.69, 9.17) is 4.74 Å². The average molecular weight is 469 g/mol. The highest BCUT2D eigenvalue weighted by Gasteiger charge is 2.35. The van der Waals surface area contributed by atoms with Crippen molar-refractivity contribution in [2.24, 2.45) is 0 Å². The molecule has 0 unspecified atom stereocenters. The number of benzene rings is 3. The molecule has 0 saturated heterocycles. The number of hydrogen-bond acceptors (Lipinski definition) is 5. The van der Waals surface area contributed by atoms with E-state index in [-0.39, 0.29) is 24.3 Å². The van der Waals surface area contributed by atoms with Gasteiger partial charge in [0.1, 0.15) is 11.6 Å². The standard InChI is InChI=1S/C27H24N4O4/c1-17-29-22-9-5-6-10-23(22)30(17)14-13-28-25(32)21-15-18(11-12-24(21)35-2)16-31-26(33)19-7-3-4-8-20(19)27(31)34/h3-12,15H,13-14,16H2,1-2H3,(H,28,32). The molecular formula is C27H24N4O4. The topological polar surface area (TPSA) is 93.5 Å². The number of para-hydroxylation sites is 2. The lowest BCUT2D eigenvalue weighted by atomic mass is 10.1. The number of amides is 3. The molecule has 0 radical (unpaired) electrons. The Kier molecular flexibility index (Phi) is 5.78. The van der Waals surface area contributed by atoms with Crippen molar-refractivity contribution in [1.82, 2.24) is 19.8 Å². The van der Waals surface area contributed by atoms with Crippen LogP contribution in [0.25, 0.3) is 11.0 Å². The van der Waals surface area contributed by atoms with Gasteiger partial charge < -0.3 is 14.6 Å². The molecule has 0 spiro atoms. The van der Waals surface area contributed by atoms with Crippen LogP contribution in [-0.2, 0) is 13.1 Å². The minimum Gasteiger partial charge on any atom is -0.496 e. The van der Waals surface area contributed by atoms with Gasteiger partial charge in [0.2, 0.25) is 0 Å². The largest absolute Gasteiger partial charge is 0.496 e. The molecule has 1 aromatic heterocycles. The molecule has 35 heavy (non-hydrogen) atoms. The minimum absolute atomic E-state index is 0.0663. The summed E-state index contributed by atoms with van der Waals surface area (Å²) in [6, 6.07) is 19.7. The summed E-state index contributed by atoms with van der Waals surface area (Å²) in [5.41, 5.74) is 3.71. The Morgan fingerprint density at radius 3 is 2.37 bits per heavy atom. The molecule has 8 heteroatoms. The second-order valence-electron chi connectivity index (χ2n) is 8.33. The highest BCUT2D eigenvalue weighted by molar-refractivity contribution is 6.21. The van der Waals surface area contributed by atoms with Crippen molar-refractivity contribution in [2.75, 3.05) is 13.7 Å². The Morgan fingerprint density at radius 1 is 0.971 bits per heavy atom. The number of imidazole rings is 1. The van der Waals surface area contributed by atoms with Gasteiger partial charge in [0.05, 0.1) is 41.4 Å². The lowest BCUT2D eigenvalue weighted by Crippen LogP contribution is -2.30. The van der Waals surface area contributed by atoms with Crippen LogP contribution in [0.3, 0.4) is 0 Å². The van der Waals surface area contributed by atoms with Crippen LogP contribution in [0.5, 0.6) is 5.75 Å². The van der Waals surface area contributed by atoms with Crippen molar-refractivity contribution in [2.45, 2.75) is 20.0 Å². The van der Waals surface area contributed by atoms with E-state index < -0.39 is 0 Å². The number of nitrogens with one attached hydrogen (secondary N) is 1. The zero-order valence-corrected chi connectivity index (χ0v) is 19.4. The number of carbonyl (C=O) groups excluding carboxylic acids is 3. The highest BCUT2D eigenvalue weighted by atomic mass is 16.5. The molecule has 1 aliphatic heterocycles. The predicted octanol–water partition coefficient (Wildman–Crippen LogP) is 3.58. The number of rotatable bonds is 7. The summed E-state index contributed by atoms with van der Waals surface area (Å²) >= 11 is 0. The van der Waals surface area contributed by atoms with Gasteiger partial charge in [-0.3, -0.25) is 19.3 Å². The zero-order valence-electron chi connectivity index (χ0n) is 19.4. The Morgan fingerprint density at radius 2 is 1.66 bits per heavy atom. The number of nitrogens with zero attached hydrogens (tertiary/aromatic N) is 3. The number of imide groups is 1. The van der Waals surface area contributed by atoms with Crippen molar-refractivity contribution in [3.05, 3.63) is 94.8 Å². The number of hydrogen-bond donors (Lipinski definition) is 1. The van der Waals surface area contributed by atoms with E-state index in [1.165, 1.54) is 12.0 Å². The van der Waals surface area contributed by atoms with Crippen LogP contribution in [0.15, 0.2) is 66.7 Å². The van der Waals surface area contributed by atoms with E-state index in [0.29, 0.717) is 41.1 Å². The Hall–Kier alpha value is -4.46. The SMILES string of the molecule is COc1ccc(CN2C(=O)c3ccccc3C2=O)cc1C(=O)NCCn1c(C)nc2ccccc21. The molecule has 0 bridgehead atoms. The van der Waals surface area contributed by atoms with Crippen LogP contribution in [0.2, 0.25) is 0 Å². The molecule has 5 rings (SSSR count). The molecule has 0 fully saturated rings. The molecule has 1 aliphatic rings. The van der Waals surface area contributed by atoms with E-state index in [1.54, 1.807) is 42.5 Å². The first-order valence-electron chi connectivity index (χ1n) is 11.3. The smallest absolute Gasteiger partial charge is 0.261 e. The summed E-state index contributed by atoms with van der Waals surface area (Å²) in [5, 5.41) is 2.94. The van der Waals surface area contributed by atoms with Gasteiger partial charge in [-0.05, 0) is 48.9 Å². The molecule has 4 aromatic rings. The first-order chi connectivity index (χ1) is 17.0. The monoisotopic (exact) mass is 468 g/mol. The second kappa shape index (κ2) is 9.06. The van der Waals surface area contributed by atoms with E-state index in [2.05, 4.69) is 14.9 Å². The van der Waals surface area contributed by atoms with Crippen LogP contribution in [0, 0.1) is 6.92 Å². The first kappa shape index (κ1) is 22.3. The molecule has 3 amide bonds. The van der Waals surface area contributed by atoms with Crippen molar-refractivity contribution in [3.8, 4) is 5.75 Å². The lowest BCUT2D eigenvalue weighted by Gasteiger charge is -2.16. The first-order valence-corrected chi connectivity index (χ1v) is 11.3. The maximum absolute atomic E-state index is 13.0. The van der Waals surface area contributed by atoms with Gasteiger partial charge in [0.15, 0.2) is 0 Å². The summed E-state index contributed by atoms with van der Waals surface area (Å²) in [7, 11) is 1.50. The predicted molar refractivity (Wildman–Crippen MR) is 130 cm³/mol. The summed E-state index contributed by atoms with van der Waals surface area (Å²) in [6.45, 7) is 2.96. The maximum Gasteiger partial charge on any atom is 0.261 e. The van der Waals surface area contributed by atoms with Crippen molar-refractivity contribution < 1.29 is 19.1 Å². The third-order valence-electron chi connectivity index (χ3n) is 6.19. The van der Waals surface area contributed by atoms with E-state index in [9.17, 15) is 14.4 Å². The van der Waals surface area contributed by atoms with E-state index in [0.717, 1.165) is 16.9 Å². The number of ether oxygens (including phenoxy) is 1. The third-order valence-corrected chi connectivity index (χ3v) is 6.19. The zero-order chi connectivity index (χ0) is 24.5. The summed E-state index contributed by atoms with van der Waals surface area (Å²) in [6.07, 6.45) is 0. The fourth-order valence-electron chi connectivity index (χ4n) is 4.45. The van der Waals surface area contributed by atoms with Crippen LogP contribution in [0.4, 0.5) is 0 Å². The van der Waals surface area contributed by atoms with Crippen molar-refractivity contribution in [3.63, 3.8) is 0 Å². The Labute approximate surface area is 202 Å². The van der Waals surface area contributed by atoms with Crippen LogP contribution < -0.4 is 10.1 Å². The van der Waals surface area contributed by atoms with Crippen LogP contribution >= 0.6 is 0 Å². The van der Waals surface area contributed by atoms with Gasteiger partial charge in [0, 0.05) is 13.1 Å². The number of aromatic nitrogens is 2. The van der Waals surface area contributed by atoms with E-state index in [1.807, 2.05) is 31.2 Å². The lowest BCUT2D eigenvalue weighted by molar-refractivity contribution is 0.0642. The van der Waals surface area contributed by atoms with Gasteiger partial charge in [0.25, 0.3) is 17.7 Å². The maximum atomic E-state index is 13.0. The van der Waals surface area contributed by atoms with Crippen molar-refractivity contribution >= 4 is 28.8 Å². The molecule has 8 nitrogen and oxygen atoms in total. The molecule has 2 heterocycles. The summed E-state index contributed by atoms with van der Waals surface area (Å²) < 4.78 is 7.45. The van der Waals surface area contributed by atoms with Gasteiger partial charge in [-0.2, -0.15) is 0 Å². The van der Waals surface area contributed by atoms with Gasteiger partial charge in [-0.15, -0.1) is 0 Å². The summed E-state index contributed by atoms with van der Waals surface area (Å²) in [4.78, 5) is 44.2. The molecule has 0 aliphatic carbocycles. The number of aryl methyl sites for hydroxylation is 1. The van der Waals surface area contributed by atoms with Crippen LogP contribution in [0.1, 0.15) is 42.5 Å². The normalized spacial score (nSPS) is 12.8. The highest BCUT2D eigenvalue weighted by Crippen LogP contribution is 2.26. The number of methoxy groups -OCH3 is 1. The van der Waals surface area contributed by atoms with Gasteiger partial charge in [-0.25, -0.2) is 4.98 Å². The van der Waals surface area contributed by atoms with Crippen molar-refractivity contribution in [1.29, 1.82) is 0 Å². The Bertz CT molecular complexity index is 1440. The minimum atomic E-state index is -0.338. The molecule has 0 saturated carbocycles. The molecule has 1 N–H and O–H groups in total. The van der Waals surface area contributed by atoms with Crippen LogP contribution in [-0.4, -0.2) is 45.8 Å². The fourth-order valence-corrected chi connectivity index (χ4v) is 4.45. The van der Waals surface area contributed by atoms with Gasteiger partial charge >= 0.3 is 0 Å². The third kappa shape index (κ3) is 4.03. The molecule has 0 atom stereocenters. The quantitative estimate of drug-likeness (QED) is 0.419. The number of carbonyl (C=O) groups is 3. The molecular weight excluding hydrogens is 444 g/mol. The van der Waals surface area contributed by atoms with E-state index >= 15 is 0 Å². The Balaban J connectivity index is 1.31. The van der Waals surface area contributed by atoms with Gasteiger partial charge in [-0.1, -0.05) is 30.3 Å². The molecule has 176 valence electrons. The number of fused-ring (bicyclic) bond motifs is 2. The average Bonchev–Trinajstić information content (AvgIpc) is 3.32. The fraction of sp³-hybridized carbons (Fsp3) is 0.185. The molecule has 3 aromatic carbocycles.